The Morgan fingerprint density at radius 2 is 2.00 bits per heavy atom. The van der Waals surface area contributed by atoms with Crippen molar-refractivity contribution in [3.05, 3.63) is 5.82 Å². The van der Waals surface area contributed by atoms with Crippen molar-refractivity contribution in [2.75, 3.05) is 7.11 Å². The molecule has 0 spiro atoms. The highest BCUT2D eigenvalue weighted by Gasteiger charge is 2.34. The fourth-order valence-electron chi connectivity index (χ4n) is 1.78. The quantitative estimate of drug-likeness (QED) is 0.753. The second kappa shape index (κ2) is 5.76. The van der Waals surface area contributed by atoms with E-state index in [0.29, 0.717) is 18.8 Å². The molecule has 1 aromatic heterocycles. The number of hydrogen-bond acceptors (Lipinski definition) is 5. The van der Waals surface area contributed by atoms with Gasteiger partial charge in [0.15, 0.2) is 5.82 Å². The molecule has 0 aliphatic carbocycles. The third-order valence-electron chi connectivity index (χ3n) is 3.08. The Morgan fingerprint density at radius 1 is 1.42 bits per heavy atom. The molecule has 1 aromatic rings. The van der Waals surface area contributed by atoms with Crippen LogP contribution in [0.2, 0.25) is 0 Å². The van der Waals surface area contributed by atoms with Crippen molar-refractivity contribution in [3.8, 4) is 0 Å². The first-order valence-corrected chi connectivity index (χ1v) is 8.40. The normalized spacial score (nSPS) is 15.7. The Morgan fingerprint density at radius 3 is 2.37 bits per heavy atom. The molecule has 1 rings (SSSR count). The van der Waals surface area contributed by atoms with Gasteiger partial charge in [-0.15, -0.1) is 10.2 Å². The molecule has 0 N–H and O–H groups in total. The first-order valence-electron chi connectivity index (χ1n) is 6.09. The summed E-state index contributed by atoms with van der Waals surface area (Å²) in [5, 5.41) is 7.46. The van der Waals surface area contributed by atoms with Gasteiger partial charge in [-0.05, 0) is 19.3 Å². The molecule has 0 aliphatic rings. The van der Waals surface area contributed by atoms with Crippen LogP contribution in [0.15, 0.2) is 5.16 Å². The van der Waals surface area contributed by atoms with Crippen LogP contribution in [0.3, 0.4) is 0 Å². The lowest BCUT2D eigenvalue weighted by Crippen LogP contribution is -2.29. The minimum Gasteiger partial charge on any atom is -0.371 e. The minimum absolute atomic E-state index is 0.227. The molecule has 0 aliphatic heterocycles. The lowest BCUT2D eigenvalue weighted by Gasteiger charge is -2.26. The lowest BCUT2D eigenvalue weighted by atomic mass is 10.0. The Balaban J connectivity index is 3.46. The van der Waals surface area contributed by atoms with Gasteiger partial charge >= 0.3 is 0 Å². The van der Waals surface area contributed by atoms with Crippen LogP contribution in [0.25, 0.3) is 0 Å². The zero-order valence-corrected chi connectivity index (χ0v) is 13.4. The summed E-state index contributed by atoms with van der Waals surface area (Å²) in [5.74, 6) is 0.704. The fourth-order valence-corrected chi connectivity index (χ4v) is 2.69. The number of rotatable bonds is 6. The fraction of sp³-hybridized carbons (Fsp3) is 0.818. The molecule has 1 heterocycles. The number of nitrogens with zero attached hydrogens (tertiary/aromatic N) is 3. The van der Waals surface area contributed by atoms with Crippen LogP contribution < -0.4 is 0 Å². The van der Waals surface area contributed by atoms with Crippen molar-refractivity contribution < 1.29 is 13.2 Å². The molecule has 0 amide bonds. The molecule has 0 saturated heterocycles. The van der Waals surface area contributed by atoms with Gasteiger partial charge in [0.05, 0.1) is 0 Å². The monoisotopic (exact) mass is 309 g/mol. The summed E-state index contributed by atoms with van der Waals surface area (Å²) in [5.41, 5.74) is -0.693. The summed E-state index contributed by atoms with van der Waals surface area (Å²) >= 11 is 0. The smallest absolute Gasteiger partial charge is 0.296 e. The molecule has 1 atom stereocenters. The van der Waals surface area contributed by atoms with Crippen molar-refractivity contribution in [2.45, 2.75) is 51.4 Å². The van der Waals surface area contributed by atoms with Gasteiger partial charge in [-0.3, -0.25) is 4.57 Å². The van der Waals surface area contributed by atoms with Crippen LogP contribution in [0.1, 0.15) is 39.9 Å². The molecule has 0 saturated carbocycles. The number of hydrogen-bond donors (Lipinski definition) is 0. The molecule has 19 heavy (non-hydrogen) atoms. The van der Waals surface area contributed by atoms with E-state index in [2.05, 4.69) is 10.2 Å². The van der Waals surface area contributed by atoms with Gasteiger partial charge in [0.2, 0.25) is 0 Å². The topological polar surface area (TPSA) is 74.1 Å². The van der Waals surface area contributed by atoms with Gasteiger partial charge in [-0.25, -0.2) is 8.42 Å². The van der Waals surface area contributed by atoms with Crippen LogP contribution >= 0.6 is 10.7 Å². The van der Waals surface area contributed by atoms with Crippen LogP contribution in [0, 0.1) is 5.92 Å². The standard InChI is InChI=1S/C11H20ClN3O3S/c1-6-11(4,18-5)9-13-14-10(19(12,16)17)15(9)7-8(2)3/h8H,6-7H2,1-5H3. The second-order valence-corrected chi connectivity index (χ2v) is 7.50. The summed E-state index contributed by atoms with van der Waals surface area (Å²) in [6, 6.07) is 0. The van der Waals surface area contributed by atoms with Crippen molar-refractivity contribution in [2.24, 2.45) is 5.92 Å². The van der Waals surface area contributed by atoms with Crippen molar-refractivity contribution >= 4 is 19.7 Å². The highest BCUT2D eigenvalue weighted by atomic mass is 35.7. The van der Waals surface area contributed by atoms with Gasteiger partial charge in [0, 0.05) is 24.3 Å². The Kier molecular flexibility index (Phi) is 4.97. The highest BCUT2D eigenvalue weighted by Crippen LogP contribution is 2.29. The van der Waals surface area contributed by atoms with E-state index in [9.17, 15) is 8.42 Å². The molecule has 110 valence electrons. The van der Waals surface area contributed by atoms with E-state index in [0.717, 1.165) is 0 Å². The molecular formula is C11H20ClN3O3S. The maximum atomic E-state index is 11.6. The predicted molar refractivity (Wildman–Crippen MR) is 72.6 cm³/mol. The summed E-state index contributed by atoms with van der Waals surface area (Å²) in [4.78, 5) is 0. The molecule has 8 heteroatoms. The zero-order chi connectivity index (χ0) is 14.8. The Bertz CT molecular complexity index is 535. The minimum atomic E-state index is -3.93. The SMILES string of the molecule is CCC(C)(OC)c1nnc(S(=O)(=O)Cl)n1CC(C)C. The van der Waals surface area contributed by atoms with Crippen molar-refractivity contribution in [1.29, 1.82) is 0 Å². The van der Waals surface area contributed by atoms with E-state index in [1.807, 2.05) is 27.7 Å². The maximum absolute atomic E-state index is 11.6. The first kappa shape index (κ1) is 16.4. The number of halogens is 1. The molecule has 0 aromatic carbocycles. The van der Waals surface area contributed by atoms with Gasteiger partial charge in [-0.2, -0.15) is 0 Å². The van der Waals surface area contributed by atoms with Gasteiger partial charge < -0.3 is 4.74 Å². The second-order valence-electron chi connectivity index (χ2n) is 5.04. The molecule has 0 radical (unpaired) electrons. The van der Waals surface area contributed by atoms with E-state index in [1.54, 1.807) is 7.11 Å². The molecule has 6 nitrogen and oxygen atoms in total. The van der Waals surface area contributed by atoms with E-state index in [-0.39, 0.29) is 11.1 Å². The highest BCUT2D eigenvalue weighted by molar-refractivity contribution is 8.13. The zero-order valence-electron chi connectivity index (χ0n) is 11.8. The average molecular weight is 310 g/mol. The third-order valence-corrected chi connectivity index (χ3v) is 4.23. The number of methoxy groups -OCH3 is 1. The van der Waals surface area contributed by atoms with E-state index < -0.39 is 14.7 Å². The van der Waals surface area contributed by atoms with Gasteiger partial charge in [0.1, 0.15) is 5.60 Å². The first-order chi connectivity index (χ1) is 8.65. The number of ether oxygens (including phenoxy) is 1. The Labute approximate surface area is 118 Å². The molecular weight excluding hydrogens is 290 g/mol. The summed E-state index contributed by atoms with van der Waals surface area (Å²) in [7, 11) is 3.04. The third kappa shape index (κ3) is 3.46. The largest absolute Gasteiger partial charge is 0.371 e. The van der Waals surface area contributed by atoms with Gasteiger partial charge in [0.25, 0.3) is 14.2 Å². The summed E-state index contributed by atoms with van der Waals surface area (Å²) in [6.45, 7) is 8.20. The van der Waals surface area contributed by atoms with E-state index in [1.165, 1.54) is 4.57 Å². The molecule has 1 unspecified atom stereocenters. The maximum Gasteiger partial charge on any atom is 0.296 e. The van der Waals surface area contributed by atoms with Crippen LogP contribution in [-0.4, -0.2) is 30.3 Å². The van der Waals surface area contributed by atoms with E-state index in [4.69, 9.17) is 15.4 Å². The molecule has 0 fully saturated rings. The van der Waals surface area contributed by atoms with Crippen LogP contribution in [0.5, 0.6) is 0 Å². The van der Waals surface area contributed by atoms with Crippen molar-refractivity contribution in [3.63, 3.8) is 0 Å². The van der Waals surface area contributed by atoms with E-state index >= 15 is 0 Å². The Hall–Kier alpha value is -0.660. The summed E-state index contributed by atoms with van der Waals surface area (Å²) in [6.07, 6.45) is 0.641. The number of aromatic nitrogens is 3. The van der Waals surface area contributed by atoms with Crippen LogP contribution in [0.4, 0.5) is 0 Å². The average Bonchev–Trinajstić information content (AvgIpc) is 2.71. The van der Waals surface area contributed by atoms with Crippen molar-refractivity contribution in [1.82, 2.24) is 14.8 Å². The summed E-state index contributed by atoms with van der Waals surface area (Å²) < 4.78 is 30.1. The predicted octanol–water partition coefficient (Wildman–Crippen LogP) is 2.13. The lowest BCUT2D eigenvalue weighted by molar-refractivity contribution is -0.0129. The van der Waals surface area contributed by atoms with Gasteiger partial charge in [-0.1, -0.05) is 20.8 Å². The molecule has 0 bridgehead atoms. The van der Waals surface area contributed by atoms with Crippen LogP contribution in [-0.2, 0) is 25.9 Å².